The number of hydrogen-bond acceptors (Lipinski definition) is 6. The van der Waals surface area contributed by atoms with E-state index in [-0.39, 0.29) is 13.0 Å². The van der Waals surface area contributed by atoms with Crippen molar-refractivity contribution in [2.24, 2.45) is 0 Å². The Labute approximate surface area is 88.4 Å². The van der Waals surface area contributed by atoms with E-state index in [2.05, 4.69) is 20.5 Å². The van der Waals surface area contributed by atoms with Crippen molar-refractivity contribution >= 4 is 17.3 Å². The van der Waals surface area contributed by atoms with E-state index in [9.17, 15) is 4.79 Å². The van der Waals surface area contributed by atoms with Gasteiger partial charge in [0.1, 0.15) is 0 Å². The molecule has 78 valence electrons. The number of carboxylic acid groups (broad SMARTS) is 1. The van der Waals surface area contributed by atoms with Gasteiger partial charge < -0.3 is 5.11 Å². The van der Waals surface area contributed by atoms with Gasteiger partial charge in [-0.3, -0.25) is 9.78 Å². The van der Waals surface area contributed by atoms with Crippen molar-refractivity contribution < 1.29 is 9.90 Å². The number of carboxylic acids is 1. The maximum atomic E-state index is 10.4. The first-order chi connectivity index (χ1) is 7.27. The predicted molar refractivity (Wildman–Crippen MR) is 51.2 cm³/mol. The molecule has 0 atom stereocenters. The molecule has 2 aromatic heterocycles. The third kappa shape index (κ3) is 2.15. The Morgan fingerprint density at radius 3 is 3.13 bits per heavy atom. The largest absolute Gasteiger partial charge is 0.481 e. The Balaban J connectivity index is 2.19. The van der Waals surface area contributed by atoms with Crippen molar-refractivity contribution in [2.45, 2.75) is 13.0 Å². The smallest absolute Gasteiger partial charge is 0.305 e. The topological polar surface area (TPSA) is 93.8 Å². The van der Waals surface area contributed by atoms with Gasteiger partial charge in [-0.15, -0.1) is 16.4 Å². The highest BCUT2D eigenvalue weighted by Crippen LogP contribution is 2.19. The fourth-order valence-electron chi connectivity index (χ4n) is 1.06. The standard InChI is InChI=1S/C7H7N5O2S/c13-6(14)1-2-12-7(9-10-11-12)5-3-8-4-15-5/h3-4H,1-2H2,(H,13,14). The number of hydrogen-bond donors (Lipinski definition) is 1. The Hall–Kier alpha value is -1.83. The quantitative estimate of drug-likeness (QED) is 0.802. The van der Waals surface area contributed by atoms with E-state index in [0.717, 1.165) is 4.88 Å². The third-order valence-corrected chi connectivity index (χ3v) is 2.49. The molecule has 1 N–H and O–H groups in total. The molecule has 0 aliphatic heterocycles. The molecule has 2 rings (SSSR count). The lowest BCUT2D eigenvalue weighted by molar-refractivity contribution is -0.137. The van der Waals surface area contributed by atoms with Crippen LogP contribution < -0.4 is 0 Å². The summed E-state index contributed by atoms with van der Waals surface area (Å²) < 4.78 is 1.46. The van der Waals surface area contributed by atoms with Crippen molar-refractivity contribution in [3.63, 3.8) is 0 Å². The SMILES string of the molecule is O=C(O)CCn1nnnc1-c1cncs1. The fourth-order valence-corrected chi connectivity index (χ4v) is 1.67. The monoisotopic (exact) mass is 225 g/mol. The summed E-state index contributed by atoms with van der Waals surface area (Å²) in [7, 11) is 0. The molecule has 2 aromatic rings. The van der Waals surface area contributed by atoms with Gasteiger partial charge in [-0.2, -0.15) is 0 Å². The average molecular weight is 225 g/mol. The highest BCUT2D eigenvalue weighted by atomic mass is 32.1. The molecule has 7 nitrogen and oxygen atoms in total. The van der Waals surface area contributed by atoms with Crippen LogP contribution in [0, 0.1) is 0 Å². The van der Waals surface area contributed by atoms with Crippen LogP contribution in [0.25, 0.3) is 10.7 Å². The van der Waals surface area contributed by atoms with Gasteiger partial charge in [0.05, 0.1) is 23.4 Å². The summed E-state index contributed by atoms with van der Waals surface area (Å²) >= 11 is 1.41. The Bertz CT molecular complexity index is 452. The molecule has 0 radical (unpaired) electrons. The van der Waals surface area contributed by atoms with E-state index < -0.39 is 5.97 Å². The van der Waals surface area contributed by atoms with Crippen LogP contribution in [-0.2, 0) is 11.3 Å². The summed E-state index contributed by atoms with van der Waals surface area (Å²) in [6.45, 7) is 0.259. The molecule has 15 heavy (non-hydrogen) atoms. The molecule has 0 aliphatic rings. The van der Waals surface area contributed by atoms with Crippen molar-refractivity contribution in [1.29, 1.82) is 0 Å². The van der Waals surface area contributed by atoms with E-state index in [1.54, 1.807) is 11.7 Å². The molecule has 0 fully saturated rings. The van der Waals surface area contributed by atoms with Gasteiger partial charge in [-0.05, 0) is 10.4 Å². The maximum Gasteiger partial charge on any atom is 0.305 e. The van der Waals surface area contributed by atoms with Gasteiger partial charge in [0, 0.05) is 6.20 Å². The highest BCUT2D eigenvalue weighted by molar-refractivity contribution is 7.13. The molecule has 8 heteroatoms. The zero-order valence-electron chi connectivity index (χ0n) is 7.57. The lowest BCUT2D eigenvalue weighted by Crippen LogP contribution is -2.07. The Morgan fingerprint density at radius 2 is 2.47 bits per heavy atom. The summed E-state index contributed by atoms with van der Waals surface area (Å²) in [4.78, 5) is 15.1. The van der Waals surface area contributed by atoms with Crippen molar-refractivity contribution in [3.8, 4) is 10.7 Å². The van der Waals surface area contributed by atoms with Gasteiger partial charge in [-0.25, -0.2) is 4.68 Å². The van der Waals surface area contributed by atoms with Crippen LogP contribution in [0.5, 0.6) is 0 Å². The van der Waals surface area contributed by atoms with E-state index in [4.69, 9.17) is 5.11 Å². The lowest BCUT2D eigenvalue weighted by Gasteiger charge is -1.99. The van der Waals surface area contributed by atoms with Crippen LogP contribution in [0.3, 0.4) is 0 Å². The van der Waals surface area contributed by atoms with E-state index in [0.29, 0.717) is 5.82 Å². The summed E-state index contributed by atoms with van der Waals surface area (Å²) in [5, 5.41) is 19.6. The second kappa shape index (κ2) is 4.13. The Morgan fingerprint density at radius 1 is 1.60 bits per heavy atom. The number of thiazole rings is 1. The lowest BCUT2D eigenvalue weighted by atomic mass is 10.4. The van der Waals surface area contributed by atoms with Crippen LogP contribution in [0.4, 0.5) is 0 Å². The molecule has 0 unspecified atom stereocenters. The first kappa shape index (κ1) is 9.71. The molecular weight excluding hydrogens is 218 g/mol. The van der Waals surface area contributed by atoms with E-state index >= 15 is 0 Å². The number of aryl methyl sites for hydroxylation is 1. The van der Waals surface area contributed by atoms with Crippen LogP contribution in [0.15, 0.2) is 11.7 Å². The van der Waals surface area contributed by atoms with Gasteiger partial charge in [-0.1, -0.05) is 0 Å². The number of aromatic nitrogens is 5. The molecule has 0 saturated carbocycles. The van der Waals surface area contributed by atoms with E-state index in [1.807, 2.05) is 0 Å². The van der Waals surface area contributed by atoms with Crippen molar-refractivity contribution in [2.75, 3.05) is 0 Å². The average Bonchev–Trinajstić information content (AvgIpc) is 2.85. The zero-order valence-corrected chi connectivity index (χ0v) is 8.39. The molecule has 0 amide bonds. The molecule has 0 bridgehead atoms. The third-order valence-electron chi connectivity index (χ3n) is 1.72. The molecular formula is C7H7N5O2S. The normalized spacial score (nSPS) is 10.4. The minimum atomic E-state index is -0.874. The first-order valence-corrected chi connectivity index (χ1v) is 5.02. The van der Waals surface area contributed by atoms with Crippen LogP contribution >= 0.6 is 11.3 Å². The van der Waals surface area contributed by atoms with Gasteiger partial charge in [0.25, 0.3) is 0 Å². The molecule has 0 spiro atoms. The second-order valence-electron chi connectivity index (χ2n) is 2.74. The number of nitrogens with zero attached hydrogens (tertiary/aromatic N) is 5. The van der Waals surface area contributed by atoms with Crippen LogP contribution in [-0.4, -0.2) is 36.3 Å². The van der Waals surface area contributed by atoms with Gasteiger partial charge in [0.15, 0.2) is 5.82 Å². The van der Waals surface area contributed by atoms with Gasteiger partial charge >= 0.3 is 5.97 Å². The fraction of sp³-hybridized carbons (Fsp3) is 0.286. The predicted octanol–water partition coefficient (Wildman–Crippen LogP) is 0.271. The second-order valence-corrected chi connectivity index (χ2v) is 3.62. The minimum Gasteiger partial charge on any atom is -0.481 e. The number of tetrazole rings is 1. The first-order valence-electron chi connectivity index (χ1n) is 4.14. The van der Waals surface area contributed by atoms with Crippen molar-refractivity contribution in [3.05, 3.63) is 11.7 Å². The van der Waals surface area contributed by atoms with Crippen molar-refractivity contribution in [1.82, 2.24) is 25.2 Å². The number of carbonyl (C=O) groups is 1. The summed E-state index contributed by atoms with van der Waals surface area (Å²) in [6.07, 6.45) is 1.64. The number of aliphatic carboxylic acids is 1. The summed E-state index contributed by atoms with van der Waals surface area (Å²) in [5.74, 6) is -0.320. The summed E-state index contributed by atoms with van der Waals surface area (Å²) in [6, 6.07) is 0. The zero-order chi connectivity index (χ0) is 10.7. The van der Waals surface area contributed by atoms with E-state index in [1.165, 1.54) is 16.0 Å². The van der Waals surface area contributed by atoms with Gasteiger partial charge in [0.2, 0.25) is 0 Å². The molecule has 2 heterocycles. The summed E-state index contributed by atoms with van der Waals surface area (Å²) in [5.41, 5.74) is 1.67. The molecule has 0 aromatic carbocycles. The number of rotatable bonds is 4. The molecule has 0 aliphatic carbocycles. The highest BCUT2D eigenvalue weighted by Gasteiger charge is 2.10. The van der Waals surface area contributed by atoms with Crippen LogP contribution in [0.2, 0.25) is 0 Å². The molecule has 0 saturated heterocycles. The Kier molecular flexibility index (Phi) is 2.68. The minimum absolute atomic E-state index is 0.00313. The maximum absolute atomic E-state index is 10.4. The van der Waals surface area contributed by atoms with Crippen LogP contribution in [0.1, 0.15) is 6.42 Å².